The van der Waals surface area contributed by atoms with Gasteiger partial charge in [-0.3, -0.25) is 13.9 Å². The number of benzene rings is 3. The Morgan fingerprint density at radius 2 is 1.66 bits per heavy atom. The fourth-order valence-electron chi connectivity index (χ4n) is 4.71. The standard InChI is InChI=1S/C33H41Cl2N3O5S/c1-5-24(3)36-33(40)31(21-25-11-8-7-9-12-25)37(23-26-14-15-27(34)22-30(26)35)32(39)13-10-20-38(44(4,41)42)28-16-18-29(19-17-28)43-6-2/h7-9,11-12,14-19,22,24,31H,5-6,10,13,20-21,23H2,1-4H3,(H,36,40). The first-order chi connectivity index (χ1) is 20.9. The summed E-state index contributed by atoms with van der Waals surface area (Å²) in [6.07, 6.45) is 2.40. The molecule has 0 aliphatic heterocycles. The van der Waals surface area contributed by atoms with Crippen LogP contribution in [0.5, 0.6) is 5.75 Å². The van der Waals surface area contributed by atoms with Crippen LogP contribution in [-0.4, -0.2) is 56.6 Å². The van der Waals surface area contributed by atoms with Crippen molar-refractivity contribution in [3.05, 3.63) is 94.0 Å². The Bertz CT molecular complexity index is 1490. The van der Waals surface area contributed by atoms with Crippen molar-refractivity contribution in [1.29, 1.82) is 0 Å². The van der Waals surface area contributed by atoms with Gasteiger partial charge in [0.1, 0.15) is 11.8 Å². The number of hydrogen-bond acceptors (Lipinski definition) is 5. The molecule has 0 spiro atoms. The maximum Gasteiger partial charge on any atom is 0.243 e. The van der Waals surface area contributed by atoms with Gasteiger partial charge in [-0.25, -0.2) is 8.42 Å². The molecule has 238 valence electrons. The van der Waals surface area contributed by atoms with Crippen LogP contribution in [0.4, 0.5) is 5.69 Å². The molecule has 2 amide bonds. The van der Waals surface area contributed by atoms with Crippen LogP contribution in [0, 0.1) is 0 Å². The van der Waals surface area contributed by atoms with Gasteiger partial charge in [-0.1, -0.05) is 66.5 Å². The Balaban J connectivity index is 1.90. The normalized spacial score (nSPS) is 12.7. The molecule has 0 aliphatic carbocycles. The maximum atomic E-state index is 14.0. The summed E-state index contributed by atoms with van der Waals surface area (Å²) in [5, 5.41) is 3.88. The van der Waals surface area contributed by atoms with Gasteiger partial charge >= 0.3 is 0 Å². The molecular formula is C33H41Cl2N3O5S. The zero-order valence-electron chi connectivity index (χ0n) is 25.6. The quantitative estimate of drug-likeness (QED) is 0.189. The summed E-state index contributed by atoms with van der Waals surface area (Å²) in [6, 6.07) is 20.4. The van der Waals surface area contributed by atoms with Crippen molar-refractivity contribution in [1.82, 2.24) is 10.2 Å². The molecule has 0 aliphatic rings. The molecule has 44 heavy (non-hydrogen) atoms. The highest BCUT2D eigenvalue weighted by atomic mass is 35.5. The monoisotopic (exact) mass is 661 g/mol. The molecule has 0 bridgehead atoms. The molecule has 0 fully saturated rings. The summed E-state index contributed by atoms with van der Waals surface area (Å²) in [5.41, 5.74) is 2.02. The lowest BCUT2D eigenvalue weighted by atomic mass is 10.0. The Hall–Kier alpha value is -3.27. The summed E-state index contributed by atoms with van der Waals surface area (Å²) in [7, 11) is -3.63. The summed E-state index contributed by atoms with van der Waals surface area (Å²) in [5.74, 6) is 0.0710. The van der Waals surface area contributed by atoms with Gasteiger partial charge < -0.3 is 15.0 Å². The van der Waals surface area contributed by atoms with E-state index >= 15 is 0 Å². The number of sulfonamides is 1. The van der Waals surface area contributed by atoms with E-state index in [-0.39, 0.29) is 43.8 Å². The third-order valence-electron chi connectivity index (χ3n) is 7.22. The molecule has 0 saturated carbocycles. The lowest BCUT2D eigenvalue weighted by molar-refractivity contribution is -0.141. The average Bonchev–Trinajstić information content (AvgIpc) is 2.98. The lowest BCUT2D eigenvalue weighted by Crippen LogP contribution is -2.52. The van der Waals surface area contributed by atoms with Gasteiger partial charge in [0, 0.05) is 42.0 Å². The molecule has 0 radical (unpaired) electrons. The average molecular weight is 663 g/mol. The second-order valence-electron chi connectivity index (χ2n) is 10.6. The van der Waals surface area contributed by atoms with E-state index in [0.29, 0.717) is 40.1 Å². The Labute approximate surface area is 271 Å². The number of rotatable bonds is 16. The second-order valence-corrected chi connectivity index (χ2v) is 13.4. The minimum atomic E-state index is -3.63. The van der Waals surface area contributed by atoms with E-state index < -0.39 is 16.1 Å². The Kier molecular flexibility index (Phi) is 13.4. The van der Waals surface area contributed by atoms with Crippen LogP contribution in [0.1, 0.15) is 51.2 Å². The molecule has 0 aromatic heterocycles. The summed E-state index contributed by atoms with van der Waals surface area (Å²) in [6.45, 7) is 6.42. The van der Waals surface area contributed by atoms with E-state index in [0.717, 1.165) is 18.2 Å². The van der Waals surface area contributed by atoms with Gasteiger partial charge in [0.05, 0.1) is 18.6 Å². The number of nitrogens with one attached hydrogen (secondary N) is 1. The minimum Gasteiger partial charge on any atom is -0.494 e. The van der Waals surface area contributed by atoms with Crippen LogP contribution in [0.25, 0.3) is 0 Å². The number of hydrogen-bond donors (Lipinski definition) is 1. The van der Waals surface area contributed by atoms with Gasteiger partial charge in [0.2, 0.25) is 21.8 Å². The van der Waals surface area contributed by atoms with E-state index in [1.807, 2.05) is 51.1 Å². The Morgan fingerprint density at radius 3 is 2.25 bits per heavy atom. The smallest absolute Gasteiger partial charge is 0.243 e. The van der Waals surface area contributed by atoms with Crippen LogP contribution in [0.2, 0.25) is 10.0 Å². The summed E-state index contributed by atoms with van der Waals surface area (Å²) < 4.78 is 32.2. The van der Waals surface area contributed by atoms with Gasteiger partial charge in [0.25, 0.3) is 0 Å². The first-order valence-corrected chi connectivity index (χ1v) is 17.3. The highest BCUT2D eigenvalue weighted by Gasteiger charge is 2.31. The molecule has 8 nitrogen and oxygen atoms in total. The van der Waals surface area contributed by atoms with Crippen LogP contribution in [0.3, 0.4) is 0 Å². The summed E-state index contributed by atoms with van der Waals surface area (Å²) in [4.78, 5) is 29.2. The number of nitrogens with zero attached hydrogens (tertiary/aromatic N) is 2. The van der Waals surface area contributed by atoms with E-state index in [9.17, 15) is 18.0 Å². The molecule has 11 heteroatoms. The van der Waals surface area contributed by atoms with Gasteiger partial charge in [0.15, 0.2) is 0 Å². The van der Waals surface area contributed by atoms with Gasteiger partial charge in [-0.2, -0.15) is 0 Å². The fourth-order valence-corrected chi connectivity index (χ4v) is 6.14. The van der Waals surface area contributed by atoms with Crippen LogP contribution in [0.15, 0.2) is 72.8 Å². The molecule has 3 aromatic carbocycles. The lowest BCUT2D eigenvalue weighted by Gasteiger charge is -2.33. The zero-order valence-corrected chi connectivity index (χ0v) is 28.0. The molecule has 2 atom stereocenters. The highest BCUT2D eigenvalue weighted by Crippen LogP contribution is 2.26. The molecule has 2 unspecified atom stereocenters. The molecule has 3 aromatic rings. The third-order valence-corrected chi connectivity index (χ3v) is 9.00. The number of carbonyl (C=O) groups excluding carboxylic acids is 2. The maximum absolute atomic E-state index is 14.0. The number of ether oxygens (including phenoxy) is 1. The first-order valence-electron chi connectivity index (χ1n) is 14.7. The number of anilines is 1. The van der Waals surface area contributed by atoms with Crippen molar-refractivity contribution in [3.63, 3.8) is 0 Å². The number of carbonyl (C=O) groups is 2. The molecule has 3 rings (SSSR count). The van der Waals surface area contributed by atoms with Gasteiger partial charge in [-0.05, 0) is 74.2 Å². The summed E-state index contributed by atoms with van der Waals surface area (Å²) >= 11 is 12.6. The minimum absolute atomic E-state index is 0.0101. The highest BCUT2D eigenvalue weighted by molar-refractivity contribution is 7.92. The largest absolute Gasteiger partial charge is 0.494 e. The Morgan fingerprint density at radius 1 is 0.977 bits per heavy atom. The topological polar surface area (TPSA) is 96.0 Å². The third kappa shape index (κ3) is 10.4. The number of amides is 2. The van der Waals surface area contributed by atoms with E-state index in [2.05, 4.69) is 5.32 Å². The van der Waals surface area contributed by atoms with Crippen LogP contribution >= 0.6 is 23.2 Å². The molecule has 0 saturated heterocycles. The van der Waals surface area contributed by atoms with Crippen molar-refractivity contribution >= 4 is 50.7 Å². The molecule has 1 N–H and O–H groups in total. The van der Waals surface area contributed by atoms with Gasteiger partial charge in [-0.15, -0.1) is 0 Å². The molecular weight excluding hydrogens is 621 g/mol. The first kappa shape index (κ1) is 35.2. The SMILES string of the molecule is CCOc1ccc(N(CCCC(=O)N(Cc2ccc(Cl)cc2Cl)C(Cc2ccccc2)C(=O)NC(C)CC)S(C)(=O)=O)cc1. The second kappa shape index (κ2) is 16.7. The van der Waals surface area contributed by atoms with E-state index in [1.54, 1.807) is 47.4 Å². The number of halogens is 2. The van der Waals surface area contributed by atoms with E-state index in [4.69, 9.17) is 27.9 Å². The van der Waals surface area contributed by atoms with Crippen LogP contribution in [-0.2, 0) is 32.6 Å². The predicted molar refractivity (Wildman–Crippen MR) is 178 cm³/mol. The van der Waals surface area contributed by atoms with Crippen molar-refractivity contribution in [2.45, 2.75) is 65.1 Å². The predicted octanol–water partition coefficient (Wildman–Crippen LogP) is 6.49. The van der Waals surface area contributed by atoms with Crippen molar-refractivity contribution in [3.8, 4) is 5.75 Å². The van der Waals surface area contributed by atoms with E-state index in [1.165, 1.54) is 4.31 Å². The van der Waals surface area contributed by atoms with Crippen LogP contribution < -0.4 is 14.4 Å². The van der Waals surface area contributed by atoms with Crippen molar-refractivity contribution < 1.29 is 22.7 Å². The molecule has 0 heterocycles. The van der Waals surface area contributed by atoms with Crippen molar-refractivity contribution in [2.24, 2.45) is 0 Å². The fraction of sp³-hybridized carbons (Fsp3) is 0.394. The zero-order chi connectivity index (χ0) is 32.3. The van der Waals surface area contributed by atoms with Crippen molar-refractivity contribution in [2.75, 3.05) is 23.7 Å².